The Bertz CT molecular complexity index is 562. The molecule has 0 saturated heterocycles. The second kappa shape index (κ2) is 6.21. The molecule has 2 rings (SSSR count). The smallest absolute Gasteiger partial charge is 0.235 e. The molecule has 0 spiro atoms. The third-order valence-corrected chi connectivity index (χ3v) is 4.49. The molecule has 0 saturated carbocycles. The minimum absolute atomic E-state index is 0.0414. The van der Waals surface area contributed by atoms with Gasteiger partial charge < -0.3 is 5.32 Å². The highest BCUT2D eigenvalue weighted by molar-refractivity contribution is 8.01. The third kappa shape index (κ3) is 3.81. The molecule has 1 N–H and O–H groups in total. The van der Waals surface area contributed by atoms with Crippen LogP contribution in [0.4, 0.5) is 5.82 Å². The summed E-state index contributed by atoms with van der Waals surface area (Å²) in [6.07, 6.45) is 1.69. The van der Waals surface area contributed by atoms with E-state index in [-0.39, 0.29) is 11.9 Å². The van der Waals surface area contributed by atoms with Gasteiger partial charge >= 0.3 is 0 Å². The molecule has 0 aliphatic rings. The molecule has 102 valence electrons. The topological polar surface area (TPSA) is 59.8 Å². The van der Waals surface area contributed by atoms with Crippen molar-refractivity contribution in [2.45, 2.75) is 31.2 Å². The molecule has 0 bridgehead atoms. The van der Waals surface area contributed by atoms with Crippen LogP contribution in [0.3, 0.4) is 0 Å². The summed E-state index contributed by atoms with van der Waals surface area (Å²) in [6.45, 7) is 5.99. The lowest BCUT2D eigenvalue weighted by Gasteiger charge is -2.11. The lowest BCUT2D eigenvalue weighted by atomic mass is 10.4. The van der Waals surface area contributed by atoms with Crippen molar-refractivity contribution in [3.63, 3.8) is 0 Å². The molecule has 5 nitrogen and oxygen atoms in total. The molecule has 1 amide bonds. The van der Waals surface area contributed by atoms with Gasteiger partial charge in [0.15, 0.2) is 4.34 Å². The zero-order chi connectivity index (χ0) is 13.8. The first-order valence-corrected chi connectivity index (χ1v) is 7.81. The molecule has 0 unspecified atom stereocenters. The van der Waals surface area contributed by atoms with Gasteiger partial charge in [-0.1, -0.05) is 11.8 Å². The highest BCUT2D eigenvalue weighted by atomic mass is 32.2. The van der Waals surface area contributed by atoms with Crippen molar-refractivity contribution in [3.8, 4) is 0 Å². The Balaban J connectivity index is 1.89. The summed E-state index contributed by atoms with van der Waals surface area (Å²) in [4.78, 5) is 16.2. The molecule has 2 heterocycles. The number of thioether (sulfide) groups is 1. The lowest BCUT2D eigenvalue weighted by Crippen LogP contribution is -2.18. The maximum absolute atomic E-state index is 11.9. The molecule has 0 aliphatic carbocycles. The zero-order valence-electron chi connectivity index (χ0n) is 11.1. The van der Waals surface area contributed by atoms with Crippen LogP contribution >= 0.6 is 23.1 Å². The fourth-order valence-electron chi connectivity index (χ4n) is 1.53. The average molecular weight is 296 g/mol. The van der Waals surface area contributed by atoms with Crippen LogP contribution in [0.2, 0.25) is 0 Å². The van der Waals surface area contributed by atoms with Crippen LogP contribution in [0, 0.1) is 6.92 Å². The molecular weight excluding hydrogens is 280 g/mol. The number of nitrogens with one attached hydrogen (secondary N) is 1. The Morgan fingerprint density at radius 3 is 3.00 bits per heavy atom. The van der Waals surface area contributed by atoms with Gasteiger partial charge in [0.2, 0.25) is 5.91 Å². The summed E-state index contributed by atoms with van der Waals surface area (Å²) < 4.78 is 2.71. The zero-order valence-corrected chi connectivity index (χ0v) is 12.7. The van der Waals surface area contributed by atoms with Gasteiger partial charge in [-0.05, 0) is 20.8 Å². The Hall–Kier alpha value is -1.34. The second-order valence-corrected chi connectivity index (χ2v) is 6.43. The van der Waals surface area contributed by atoms with Gasteiger partial charge in [0.1, 0.15) is 5.82 Å². The number of hydrogen-bond donors (Lipinski definition) is 1. The fraction of sp³-hybridized carbons (Fsp3) is 0.417. The van der Waals surface area contributed by atoms with Crippen LogP contribution < -0.4 is 5.32 Å². The van der Waals surface area contributed by atoms with Crippen molar-refractivity contribution in [2.24, 2.45) is 0 Å². The molecule has 7 heteroatoms. The first-order valence-electron chi connectivity index (χ1n) is 5.94. The first-order chi connectivity index (χ1) is 9.06. The Labute approximate surface area is 120 Å². The van der Waals surface area contributed by atoms with Crippen molar-refractivity contribution in [1.29, 1.82) is 0 Å². The predicted octanol–water partition coefficient (Wildman–Crippen LogP) is 2.96. The maximum Gasteiger partial charge on any atom is 0.235 e. The fourth-order valence-corrected chi connectivity index (χ4v) is 3.18. The van der Waals surface area contributed by atoms with Gasteiger partial charge in [-0.15, -0.1) is 11.3 Å². The summed E-state index contributed by atoms with van der Waals surface area (Å²) in [5.74, 6) is 1.05. The second-order valence-electron chi connectivity index (χ2n) is 4.35. The standard InChI is InChI=1S/C12H16N4OS2/c1-8(2)16-10(4-5-13-16)15-11(17)7-19-12-14-9(3)6-18-12/h4-6,8H,7H2,1-3H3,(H,15,17). The minimum atomic E-state index is -0.0414. The van der Waals surface area contributed by atoms with E-state index in [2.05, 4.69) is 15.4 Å². The molecule has 0 aliphatic heterocycles. The number of hydrogen-bond acceptors (Lipinski definition) is 5. The van der Waals surface area contributed by atoms with E-state index in [0.29, 0.717) is 5.75 Å². The summed E-state index contributed by atoms with van der Waals surface area (Å²) in [5.41, 5.74) is 0.991. The summed E-state index contributed by atoms with van der Waals surface area (Å²) in [7, 11) is 0. The highest BCUT2D eigenvalue weighted by Crippen LogP contribution is 2.22. The van der Waals surface area contributed by atoms with Crippen LogP contribution in [0.15, 0.2) is 22.0 Å². The predicted molar refractivity (Wildman–Crippen MR) is 78.8 cm³/mol. The van der Waals surface area contributed by atoms with Gasteiger partial charge in [-0.2, -0.15) is 5.10 Å². The van der Waals surface area contributed by atoms with Gasteiger partial charge in [-0.3, -0.25) is 4.79 Å². The third-order valence-electron chi connectivity index (χ3n) is 2.35. The van der Waals surface area contributed by atoms with Gasteiger partial charge in [0.05, 0.1) is 11.9 Å². The number of amides is 1. The molecule has 0 atom stereocenters. The van der Waals surface area contributed by atoms with E-state index in [1.54, 1.807) is 28.3 Å². The van der Waals surface area contributed by atoms with Crippen molar-refractivity contribution >= 4 is 34.8 Å². The maximum atomic E-state index is 11.9. The van der Waals surface area contributed by atoms with Gasteiger partial charge in [0.25, 0.3) is 0 Å². The summed E-state index contributed by atoms with van der Waals surface area (Å²) in [6, 6.07) is 2.02. The quantitative estimate of drug-likeness (QED) is 0.862. The number of anilines is 1. The molecule has 0 fully saturated rings. The number of carbonyl (C=O) groups excluding carboxylic acids is 1. The van der Waals surface area contributed by atoms with E-state index < -0.39 is 0 Å². The highest BCUT2D eigenvalue weighted by Gasteiger charge is 2.10. The number of carbonyl (C=O) groups is 1. The Morgan fingerprint density at radius 1 is 1.58 bits per heavy atom. The first kappa shape index (κ1) is 14.1. The summed E-state index contributed by atoms with van der Waals surface area (Å²) >= 11 is 3.01. The van der Waals surface area contributed by atoms with E-state index in [9.17, 15) is 4.79 Å². The van der Waals surface area contributed by atoms with Gasteiger partial charge in [-0.25, -0.2) is 9.67 Å². The lowest BCUT2D eigenvalue weighted by molar-refractivity contribution is -0.113. The minimum Gasteiger partial charge on any atom is -0.310 e. The number of aryl methyl sites for hydroxylation is 1. The molecule has 19 heavy (non-hydrogen) atoms. The number of aromatic nitrogens is 3. The number of rotatable bonds is 5. The normalized spacial score (nSPS) is 10.9. The Morgan fingerprint density at radius 2 is 2.37 bits per heavy atom. The van der Waals surface area contributed by atoms with E-state index in [0.717, 1.165) is 15.9 Å². The number of nitrogens with zero attached hydrogens (tertiary/aromatic N) is 3. The summed E-state index contributed by atoms with van der Waals surface area (Å²) in [5, 5.41) is 9.02. The molecule has 0 aromatic carbocycles. The van der Waals surface area contributed by atoms with Crippen molar-refractivity contribution < 1.29 is 4.79 Å². The van der Waals surface area contributed by atoms with Crippen LogP contribution in [0.1, 0.15) is 25.6 Å². The van der Waals surface area contributed by atoms with Crippen molar-refractivity contribution in [1.82, 2.24) is 14.8 Å². The van der Waals surface area contributed by atoms with Crippen LogP contribution in [-0.2, 0) is 4.79 Å². The van der Waals surface area contributed by atoms with E-state index in [1.165, 1.54) is 11.8 Å². The van der Waals surface area contributed by atoms with Crippen molar-refractivity contribution in [3.05, 3.63) is 23.3 Å². The van der Waals surface area contributed by atoms with Crippen LogP contribution in [0.5, 0.6) is 0 Å². The van der Waals surface area contributed by atoms with Crippen molar-refractivity contribution in [2.75, 3.05) is 11.1 Å². The van der Waals surface area contributed by atoms with E-state index >= 15 is 0 Å². The largest absolute Gasteiger partial charge is 0.310 e. The van der Waals surface area contributed by atoms with Crippen LogP contribution in [0.25, 0.3) is 0 Å². The SMILES string of the molecule is Cc1csc(SCC(=O)Nc2ccnn2C(C)C)n1. The van der Waals surface area contributed by atoms with Crippen LogP contribution in [-0.4, -0.2) is 26.4 Å². The van der Waals surface area contributed by atoms with E-state index in [4.69, 9.17) is 0 Å². The Kier molecular flexibility index (Phi) is 4.60. The number of thiazole rings is 1. The monoisotopic (exact) mass is 296 g/mol. The van der Waals surface area contributed by atoms with Gasteiger partial charge in [0, 0.05) is 23.2 Å². The molecule has 0 radical (unpaired) electrons. The average Bonchev–Trinajstić information content (AvgIpc) is 2.95. The molecule has 2 aromatic heterocycles. The molecular formula is C12H16N4OS2. The molecule has 2 aromatic rings. The van der Waals surface area contributed by atoms with E-state index in [1.807, 2.05) is 26.2 Å².